The van der Waals surface area contributed by atoms with Crippen molar-refractivity contribution >= 4 is 28.8 Å². The molecule has 1 aromatic rings. The predicted octanol–water partition coefficient (Wildman–Crippen LogP) is 1.42. The summed E-state index contributed by atoms with van der Waals surface area (Å²) in [4.78, 5) is 35.6. The standard InChI is InChI=1S/C13H14N2O3S/c1-9-2-4-10(5-3-9)12(17)14-6-7-15-11(16)8-19-13(15)18/h2-5H,6-8H2,1H3,(H,14,17). The van der Waals surface area contributed by atoms with Gasteiger partial charge in [0.2, 0.25) is 5.91 Å². The molecule has 2 rings (SSSR count). The van der Waals surface area contributed by atoms with Gasteiger partial charge in [0.15, 0.2) is 0 Å². The Labute approximate surface area is 115 Å². The average molecular weight is 278 g/mol. The van der Waals surface area contributed by atoms with Gasteiger partial charge in [0.05, 0.1) is 5.75 Å². The first kappa shape index (κ1) is 13.6. The molecule has 1 aliphatic heterocycles. The molecule has 0 unspecified atom stereocenters. The van der Waals surface area contributed by atoms with Crippen molar-refractivity contribution in [3.05, 3.63) is 35.4 Å². The summed E-state index contributed by atoms with van der Waals surface area (Å²) in [6.07, 6.45) is 0. The minimum absolute atomic E-state index is 0.195. The van der Waals surface area contributed by atoms with E-state index >= 15 is 0 Å². The van der Waals surface area contributed by atoms with Crippen LogP contribution in [0, 0.1) is 6.92 Å². The Morgan fingerprint density at radius 1 is 1.32 bits per heavy atom. The third kappa shape index (κ3) is 3.35. The molecule has 6 heteroatoms. The molecule has 0 atom stereocenters. The molecule has 3 amide bonds. The molecule has 1 aliphatic rings. The van der Waals surface area contributed by atoms with E-state index in [1.807, 2.05) is 19.1 Å². The summed E-state index contributed by atoms with van der Waals surface area (Å²) in [6.45, 7) is 2.44. The van der Waals surface area contributed by atoms with Gasteiger partial charge in [-0.15, -0.1) is 0 Å². The van der Waals surface area contributed by atoms with E-state index in [-0.39, 0.29) is 35.9 Å². The molecule has 1 fully saturated rings. The fourth-order valence-corrected chi connectivity index (χ4v) is 2.44. The molecule has 0 bridgehead atoms. The topological polar surface area (TPSA) is 66.5 Å². The smallest absolute Gasteiger partial charge is 0.288 e. The maximum absolute atomic E-state index is 11.8. The molecular weight excluding hydrogens is 264 g/mol. The van der Waals surface area contributed by atoms with Crippen LogP contribution in [0.15, 0.2) is 24.3 Å². The Morgan fingerprint density at radius 2 is 2.00 bits per heavy atom. The Hall–Kier alpha value is -1.82. The number of benzene rings is 1. The van der Waals surface area contributed by atoms with Crippen LogP contribution >= 0.6 is 11.8 Å². The summed E-state index contributed by atoms with van der Waals surface area (Å²) in [6, 6.07) is 7.21. The second-order valence-corrected chi connectivity index (χ2v) is 5.15. The van der Waals surface area contributed by atoms with Crippen molar-refractivity contribution in [2.24, 2.45) is 0 Å². The van der Waals surface area contributed by atoms with Crippen molar-refractivity contribution in [2.75, 3.05) is 18.8 Å². The molecule has 5 nitrogen and oxygen atoms in total. The van der Waals surface area contributed by atoms with Crippen molar-refractivity contribution < 1.29 is 14.4 Å². The van der Waals surface area contributed by atoms with Crippen LogP contribution in [-0.2, 0) is 4.79 Å². The summed E-state index contributed by atoms with van der Waals surface area (Å²) >= 11 is 0.995. The lowest BCUT2D eigenvalue weighted by molar-refractivity contribution is -0.124. The van der Waals surface area contributed by atoms with E-state index in [9.17, 15) is 14.4 Å². The molecule has 1 heterocycles. The van der Waals surface area contributed by atoms with Crippen LogP contribution in [0.5, 0.6) is 0 Å². The van der Waals surface area contributed by atoms with Gasteiger partial charge in [-0.3, -0.25) is 19.3 Å². The lowest BCUT2D eigenvalue weighted by Gasteiger charge is -2.13. The molecule has 0 radical (unpaired) electrons. The Kier molecular flexibility index (Phi) is 4.21. The highest BCUT2D eigenvalue weighted by atomic mass is 32.2. The highest BCUT2D eigenvalue weighted by molar-refractivity contribution is 8.14. The highest BCUT2D eigenvalue weighted by Crippen LogP contribution is 2.17. The van der Waals surface area contributed by atoms with Gasteiger partial charge < -0.3 is 5.32 Å². The minimum atomic E-state index is -0.241. The lowest BCUT2D eigenvalue weighted by Crippen LogP contribution is -2.37. The largest absolute Gasteiger partial charge is 0.350 e. The van der Waals surface area contributed by atoms with E-state index in [1.54, 1.807) is 12.1 Å². The van der Waals surface area contributed by atoms with Gasteiger partial charge in [-0.25, -0.2) is 0 Å². The van der Waals surface area contributed by atoms with Crippen molar-refractivity contribution in [1.82, 2.24) is 10.2 Å². The van der Waals surface area contributed by atoms with Crippen molar-refractivity contribution in [3.8, 4) is 0 Å². The van der Waals surface area contributed by atoms with E-state index in [2.05, 4.69) is 5.32 Å². The number of imide groups is 1. The number of thioether (sulfide) groups is 1. The zero-order valence-electron chi connectivity index (χ0n) is 10.5. The van der Waals surface area contributed by atoms with Crippen LogP contribution in [0.4, 0.5) is 4.79 Å². The zero-order chi connectivity index (χ0) is 13.8. The van der Waals surface area contributed by atoms with E-state index < -0.39 is 0 Å². The lowest BCUT2D eigenvalue weighted by atomic mass is 10.1. The number of aryl methyl sites for hydroxylation is 1. The second kappa shape index (κ2) is 5.88. The monoisotopic (exact) mass is 278 g/mol. The number of amides is 3. The molecule has 1 N–H and O–H groups in total. The summed E-state index contributed by atoms with van der Waals surface area (Å²) in [5, 5.41) is 2.45. The number of carbonyl (C=O) groups is 3. The van der Waals surface area contributed by atoms with E-state index in [4.69, 9.17) is 0 Å². The fraction of sp³-hybridized carbons (Fsp3) is 0.308. The summed E-state index contributed by atoms with van der Waals surface area (Å²) in [7, 11) is 0. The fourth-order valence-electron chi connectivity index (χ4n) is 1.69. The Morgan fingerprint density at radius 3 is 2.58 bits per heavy atom. The van der Waals surface area contributed by atoms with Gasteiger partial charge in [0.1, 0.15) is 0 Å². The number of hydrogen-bond acceptors (Lipinski definition) is 4. The third-order valence-electron chi connectivity index (χ3n) is 2.78. The Bertz CT molecular complexity index is 497. The maximum Gasteiger partial charge on any atom is 0.288 e. The van der Waals surface area contributed by atoms with Crippen molar-refractivity contribution in [2.45, 2.75) is 6.92 Å². The zero-order valence-corrected chi connectivity index (χ0v) is 11.3. The van der Waals surface area contributed by atoms with Gasteiger partial charge in [-0.05, 0) is 19.1 Å². The number of nitrogens with one attached hydrogen (secondary N) is 1. The predicted molar refractivity (Wildman–Crippen MR) is 73.1 cm³/mol. The van der Waals surface area contributed by atoms with Crippen LogP contribution < -0.4 is 5.32 Å². The van der Waals surface area contributed by atoms with Crippen molar-refractivity contribution in [1.29, 1.82) is 0 Å². The first-order valence-electron chi connectivity index (χ1n) is 5.90. The molecule has 0 saturated carbocycles. The normalized spacial score (nSPS) is 14.9. The number of carbonyl (C=O) groups excluding carboxylic acids is 3. The van der Waals surface area contributed by atoms with Crippen molar-refractivity contribution in [3.63, 3.8) is 0 Å². The quantitative estimate of drug-likeness (QED) is 0.904. The van der Waals surface area contributed by atoms with Gasteiger partial charge >= 0.3 is 0 Å². The molecule has 100 valence electrons. The van der Waals surface area contributed by atoms with Crippen LogP contribution in [-0.4, -0.2) is 40.8 Å². The molecule has 0 aliphatic carbocycles. The van der Waals surface area contributed by atoms with Gasteiger partial charge in [0, 0.05) is 18.7 Å². The van der Waals surface area contributed by atoms with Gasteiger partial charge in [0.25, 0.3) is 11.1 Å². The van der Waals surface area contributed by atoms with Gasteiger partial charge in [-0.1, -0.05) is 29.5 Å². The van der Waals surface area contributed by atoms with E-state index in [0.717, 1.165) is 17.3 Å². The molecule has 0 spiro atoms. The highest BCUT2D eigenvalue weighted by Gasteiger charge is 2.29. The SMILES string of the molecule is Cc1ccc(C(=O)NCCN2C(=O)CSC2=O)cc1. The minimum Gasteiger partial charge on any atom is -0.350 e. The molecule has 1 saturated heterocycles. The first-order valence-corrected chi connectivity index (χ1v) is 6.88. The van der Waals surface area contributed by atoms with Crippen LogP contribution in [0.25, 0.3) is 0 Å². The molecular formula is C13H14N2O3S. The third-order valence-corrected chi connectivity index (χ3v) is 3.63. The van der Waals surface area contributed by atoms with E-state index in [0.29, 0.717) is 5.56 Å². The van der Waals surface area contributed by atoms with Crippen LogP contribution in [0.3, 0.4) is 0 Å². The second-order valence-electron chi connectivity index (χ2n) is 4.22. The molecule has 19 heavy (non-hydrogen) atoms. The number of nitrogens with zero attached hydrogens (tertiary/aromatic N) is 1. The van der Waals surface area contributed by atoms with E-state index in [1.165, 1.54) is 4.90 Å². The average Bonchev–Trinajstić information content (AvgIpc) is 2.71. The molecule has 0 aromatic heterocycles. The van der Waals surface area contributed by atoms with Gasteiger partial charge in [-0.2, -0.15) is 0 Å². The van der Waals surface area contributed by atoms with Crippen LogP contribution in [0.1, 0.15) is 15.9 Å². The summed E-state index contributed by atoms with van der Waals surface area (Å²) in [5.74, 6) is -0.198. The summed E-state index contributed by atoms with van der Waals surface area (Å²) < 4.78 is 0. The maximum atomic E-state index is 11.8. The number of rotatable bonds is 4. The first-order chi connectivity index (χ1) is 9.08. The number of hydrogen-bond donors (Lipinski definition) is 1. The Balaban J connectivity index is 1.82. The molecule has 1 aromatic carbocycles. The van der Waals surface area contributed by atoms with Crippen LogP contribution in [0.2, 0.25) is 0 Å². The summed E-state index contributed by atoms with van der Waals surface area (Å²) in [5.41, 5.74) is 1.65.